The van der Waals surface area contributed by atoms with Crippen LogP contribution in [0.4, 0.5) is 0 Å². The van der Waals surface area contributed by atoms with Crippen molar-refractivity contribution in [1.82, 2.24) is 0 Å². The van der Waals surface area contributed by atoms with Crippen LogP contribution in [0.15, 0.2) is 0 Å². The van der Waals surface area contributed by atoms with Gasteiger partial charge in [0, 0.05) is 19.6 Å². The summed E-state index contributed by atoms with van der Waals surface area (Å²) in [6.07, 6.45) is 7.89. The number of carbonyl (C=O) groups is 1. The van der Waals surface area contributed by atoms with Crippen molar-refractivity contribution in [3.8, 4) is 0 Å². The molecule has 0 heterocycles. The molecule has 0 radical (unpaired) electrons. The minimum Gasteiger partial charge on any atom is -0.466 e. The average molecular weight is 332 g/mol. The molecular formula is C18H36O5. The van der Waals surface area contributed by atoms with Crippen LogP contribution in [0, 0.1) is 0 Å². The van der Waals surface area contributed by atoms with Crippen LogP contribution >= 0.6 is 0 Å². The molecule has 0 aromatic heterocycles. The Hall–Kier alpha value is -0.650. The zero-order valence-corrected chi connectivity index (χ0v) is 15.1. The predicted octanol–water partition coefficient (Wildman–Crippen LogP) is 3.74. The Labute approximate surface area is 142 Å². The van der Waals surface area contributed by atoms with Gasteiger partial charge in [0.2, 0.25) is 0 Å². The highest BCUT2D eigenvalue weighted by atomic mass is 16.5. The summed E-state index contributed by atoms with van der Waals surface area (Å²) in [5.74, 6) is -0.120. The lowest BCUT2D eigenvalue weighted by Gasteiger charge is -2.07. The third kappa shape index (κ3) is 19.3. The predicted molar refractivity (Wildman–Crippen MR) is 91.7 cm³/mol. The Kier molecular flexibility index (Phi) is 18.8. The number of unbranched alkanes of at least 4 members (excludes halogenated alkanes) is 4. The summed E-state index contributed by atoms with van der Waals surface area (Å²) in [5, 5.41) is 0. The molecule has 0 atom stereocenters. The second kappa shape index (κ2) is 19.4. The van der Waals surface area contributed by atoms with E-state index in [0.29, 0.717) is 52.5 Å². The number of esters is 1. The minimum absolute atomic E-state index is 0.120. The first kappa shape index (κ1) is 22.4. The van der Waals surface area contributed by atoms with Crippen molar-refractivity contribution in [2.45, 2.75) is 65.2 Å². The van der Waals surface area contributed by atoms with Gasteiger partial charge in [-0.2, -0.15) is 0 Å². The lowest BCUT2D eigenvalue weighted by molar-refractivity contribution is -0.144. The van der Waals surface area contributed by atoms with Gasteiger partial charge >= 0.3 is 5.97 Å². The van der Waals surface area contributed by atoms with Crippen LogP contribution in [0.2, 0.25) is 0 Å². The van der Waals surface area contributed by atoms with Gasteiger partial charge in [-0.25, -0.2) is 0 Å². The first-order chi connectivity index (χ1) is 11.3. The first-order valence-corrected chi connectivity index (χ1v) is 9.20. The molecule has 0 aromatic carbocycles. The van der Waals surface area contributed by atoms with Crippen LogP contribution in [0.25, 0.3) is 0 Å². The molecule has 0 spiro atoms. The topological polar surface area (TPSA) is 54.0 Å². The van der Waals surface area contributed by atoms with Crippen LogP contribution in [0.3, 0.4) is 0 Å². The molecule has 0 saturated heterocycles. The molecule has 0 aliphatic heterocycles. The van der Waals surface area contributed by atoms with Crippen LogP contribution in [-0.2, 0) is 23.7 Å². The van der Waals surface area contributed by atoms with E-state index in [1.807, 2.05) is 0 Å². The van der Waals surface area contributed by atoms with E-state index in [1.165, 1.54) is 12.8 Å². The smallest absolute Gasteiger partial charge is 0.305 e. The van der Waals surface area contributed by atoms with E-state index >= 15 is 0 Å². The van der Waals surface area contributed by atoms with Crippen molar-refractivity contribution in [1.29, 1.82) is 0 Å². The molecule has 0 amide bonds. The molecule has 0 aliphatic rings. The van der Waals surface area contributed by atoms with Gasteiger partial charge in [0.15, 0.2) is 0 Å². The summed E-state index contributed by atoms with van der Waals surface area (Å²) < 4.78 is 21.3. The highest BCUT2D eigenvalue weighted by molar-refractivity contribution is 5.69. The van der Waals surface area contributed by atoms with E-state index in [1.54, 1.807) is 0 Å². The molecule has 138 valence electrons. The molecule has 0 unspecified atom stereocenters. The standard InChI is InChI=1S/C18H36O5/c1-3-5-7-8-13-23-18(19)10-9-12-21-15-17-22-16-14-20-11-6-4-2/h3-17H2,1-2H3. The summed E-state index contributed by atoms with van der Waals surface area (Å²) >= 11 is 0. The van der Waals surface area contributed by atoms with E-state index in [-0.39, 0.29) is 5.97 Å². The highest BCUT2D eigenvalue weighted by Crippen LogP contribution is 2.00. The van der Waals surface area contributed by atoms with Crippen molar-refractivity contribution in [3.05, 3.63) is 0 Å². The van der Waals surface area contributed by atoms with Crippen LogP contribution in [-0.4, -0.2) is 52.2 Å². The number of hydrogen-bond donors (Lipinski definition) is 0. The van der Waals surface area contributed by atoms with Gasteiger partial charge in [-0.1, -0.05) is 39.5 Å². The number of rotatable bonds is 18. The molecule has 0 N–H and O–H groups in total. The van der Waals surface area contributed by atoms with Crippen molar-refractivity contribution in [3.63, 3.8) is 0 Å². The van der Waals surface area contributed by atoms with Gasteiger partial charge in [0.1, 0.15) is 0 Å². The van der Waals surface area contributed by atoms with E-state index in [4.69, 9.17) is 18.9 Å². The quantitative estimate of drug-likeness (QED) is 0.283. The van der Waals surface area contributed by atoms with Crippen LogP contribution in [0.1, 0.15) is 65.2 Å². The Bertz CT molecular complexity index is 246. The second-order valence-corrected chi connectivity index (χ2v) is 5.58. The normalized spacial score (nSPS) is 10.9. The van der Waals surface area contributed by atoms with Crippen molar-refractivity contribution >= 4 is 5.97 Å². The fourth-order valence-corrected chi connectivity index (χ4v) is 1.89. The van der Waals surface area contributed by atoms with E-state index in [9.17, 15) is 4.79 Å². The summed E-state index contributed by atoms with van der Waals surface area (Å²) in [4.78, 5) is 11.4. The van der Waals surface area contributed by atoms with Gasteiger partial charge in [-0.05, 0) is 19.3 Å². The van der Waals surface area contributed by atoms with Gasteiger partial charge in [-0.15, -0.1) is 0 Å². The lowest BCUT2D eigenvalue weighted by atomic mass is 10.2. The number of carbonyl (C=O) groups excluding carboxylic acids is 1. The lowest BCUT2D eigenvalue weighted by Crippen LogP contribution is -2.11. The molecule has 0 aromatic rings. The molecule has 5 nitrogen and oxygen atoms in total. The highest BCUT2D eigenvalue weighted by Gasteiger charge is 2.02. The van der Waals surface area contributed by atoms with Gasteiger partial charge in [0.25, 0.3) is 0 Å². The Balaban J connectivity index is 3.10. The third-order valence-corrected chi connectivity index (χ3v) is 3.32. The fourth-order valence-electron chi connectivity index (χ4n) is 1.89. The average Bonchev–Trinajstić information content (AvgIpc) is 2.55. The van der Waals surface area contributed by atoms with Gasteiger partial charge in [-0.3, -0.25) is 4.79 Å². The van der Waals surface area contributed by atoms with E-state index in [0.717, 1.165) is 32.3 Å². The van der Waals surface area contributed by atoms with Crippen molar-refractivity contribution in [2.24, 2.45) is 0 Å². The van der Waals surface area contributed by atoms with Gasteiger partial charge < -0.3 is 18.9 Å². The number of hydrogen-bond acceptors (Lipinski definition) is 5. The summed E-state index contributed by atoms with van der Waals surface area (Å²) in [6, 6.07) is 0. The van der Waals surface area contributed by atoms with Crippen molar-refractivity contribution in [2.75, 3.05) is 46.2 Å². The first-order valence-electron chi connectivity index (χ1n) is 9.20. The molecule has 0 bridgehead atoms. The molecule has 0 rings (SSSR count). The molecule has 0 saturated carbocycles. The molecule has 0 aliphatic carbocycles. The van der Waals surface area contributed by atoms with E-state index in [2.05, 4.69) is 13.8 Å². The summed E-state index contributed by atoms with van der Waals surface area (Å²) in [6.45, 7) is 8.62. The van der Waals surface area contributed by atoms with Gasteiger partial charge in [0.05, 0.1) is 33.0 Å². The largest absolute Gasteiger partial charge is 0.466 e. The zero-order chi connectivity index (χ0) is 17.0. The Morgan fingerprint density at radius 1 is 0.609 bits per heavy atom. The molecule has 5 heteroatoms. The zero-order valence-electron chi connectivity index (χ0n) is 15.1. The molecular weight excluding hydrogens is 296 g/mol. The maximum atomic E-state index is 11.4. The fraction of sp³-hybridized carbons (Fsp3) is 0.944. The Morgan fingerprint density at radius 3 is 1.78 bits per heavy atom. The monoisotopic (exact) mass is 332 g/mol. The maximum absolute atomic E-state index is 11.4. The molecule has 0 fully saturated rings. The Morgan fingerprint density at radius 2 is 1.17 bits per heavy atom. The van der Waals surface area contributed by atoms with Crippen LogP contribution < -0.4 is 0 Å². The SMILES string of the molecule is CCCCCCOC(=O)CCCOCCOCCOCCCC. The van der Waals surface area contributed by atoms with Crippen molar-refractivity contribution < 1.29 is 23.7 Å². The van der Waals surface area contributed by atoms with Crippen LogP contribution in [0.5, 0.6) is 0 Å². The molecule has 23 heavy (non-hydrogen) atoms. The summed E-state index contributed by atoms with van der Waals surface area (Å²) in [5.41, 5.74) is 0. The third-order valence-electron chi connectivity index (χ3n) is 3.32. The minimum atomic E-state index is -0.120. The summed E-state index contributed by atoms with van der Waals surface area (Å²) in [7, 11) is 0. The number of ether oxygens (including phenoxy) is 4. The maximum Gasteiger partial charge on any atom is 0.305 e. The second-order valence-electron chi connectivity index (χ2n) is 5.58. The van der Waals surface area contributed by atoms with E-state index < -0.39 is 0 Å².